The lowest BCUT2D eigenvalue weighted by molar-refractivity contribution is -0.117. The van der Waals surface area contributed by atoms with Gasteiger partial charge in [-0.25, -0.2) is 4.98 Å². The van der Waals surface area contributed by atoms with Crippen LogP contribution < -0.4 is 10.6 Å². The normalized spacial score (nSPS) is 20.1. The van der Waals surface area contributed by atoms with Crippen LogP contribution in [0.25, 0.3) is 0 Å². The van der Waals surface area contributed by atoms with E-state index in [4.69, 9.17) is 0 Å². The number of hydrogen-bond acceptors (Lipinski definition) is 6. The number of benzene rings is 1. The minimum absolute atomic E-state index is 0.0436. The second kappa shape index (κ2) is 9.90. The van der Waals surface area contributed by atoms with Gasteiger partial charge in [0.05, 0.1) is 22.7 Å². The number of aliphatic hydroxyl groups is 1. The first-order valence-corrected chi connectivity index (χ1v) is 11.9. The van der Waals surface area contributed by atoms with Gasteiger partial charge in [-0.3, -0.25) is 9.78 Å². The number of anilines is 1. The number of rotatable bonds is 7. The molecule has 4 rings (SSSR count). The molecule has 1 aromatic carbocycles. The van der Waals surface area contributed by atoms with Crippen LogP contribution in [0.3, 0.4) is 0 Å². The molecule has 1 aliphatic rings. The summed E-state index contributed by atoms with van der Waals surface area (Å²) in [6.07, 6.45) is 5.74. The highest BCUT2D eigenvalue weighted by Crippen LogP contribution is 2.27. The molecule has 6 nitrogen and oxygen atoms in total. The third-order valence-electron chi connectivity index (χ3n) is 6.13. The van der Waals surface area contributed by atoms with Crippen molar-refractivity contribution in [1.29, 1.82) is 0 Å². The smallest absolute Gasteiger partial charge is 0.233 e. The van der Waals surface area contributed by atoms with Crippen LogP contribution in [0.5, 0.6) is 0 Å². The molecule has 0 unspecified atom stereocenters. The lowest BCUT2D eigenvalue weighted by atomic mass is 10.0. The molecule has 2 aromatic heterocycles. The first kappa shape index (κ1) is 22.6. The minimum Gasteiger partial charge on any atom is -0.387 e. The molecule has 4 atom stereocenters. The minimum atomic E-state index is -0.543. The third kappa shape index (κ3) is 5.23. The van der Waals surface area contributed by atoms with Crippen molar-refractivity contribution in [2.24, 2.45) is 0 Å². The number of carbonyl (C=O) groups is 1. The van der Waals surface area contributed by atoms with E-state index in [-0.39, 0.29) is 17.9 Å². The second-order valence-corrected chi connectivity index (χ2v) is 9.97. The Bertz CT molecular complexity index is 1050. The molecule has 1 fully saturated rings. The summed E-state index contributed by atoms with van der Waals surface area (Å²) in [4.78, 5) is 22.4. The number of aromatic nitrogens is 2. The maximum absolute atomic E-state index is 12.7. The summed E-state index contributed by atoms with van der Waals surface area (Å²) in [5.74, 6) is -0.332. The molecule has 168 valence electrons. The van der Waals surface area contributed by atoms with Crippen LogP contribution in [-0.2, 0) is 11.2 Å². The van der Waals surface area contributed by atoms with E-state index in [1.807, 2.05) is 45.0 Å². The topological polar surface area (TPSA) is 87.1 Å². The molecule has 0 saturated carbocycles. The Balaban J connectivity index is 1.30. The highest BCUT2D eigenvalue weighted by Gasteiger charge is 2.30. The van der Waals surface area contributed by atoms with Gasteiger partial charge in [-0.2, -0.15) is 0 Å². The van der Waals surface area contributed by atoms with Gasteiger partial charge < -0.3 is 15.7 Å². The van der Waals surface area contributed by atoms with Crippen LogP contribution in [0, 0.1) is 13.8 Å². The van der Waals surface area contributed by atoms with Gasteiger partial charge >= 0.3 is 0 Å². The van der Waals surface area contributed by atoms with Crippen molar-refractivity contribution in [2.75, 3.05) is 5.32 Å². The van der Waals surface area contributed by atoms with Crippen LogP contribution >= 0.6 is 11.3 Å². The van der Waals surface area contributed by atoms with E-state index in [9.17, 15) is 9.90 Å². The largest absolute Gasteiger partial charge is 0.387 e. The number of nitrogens with zero attached hydrogens (tertiary/aromatic N) is 2. The lowest BCUT2D eigenvalue weighted by Crippen LogP contribution is -2.35. The van der Waals surface area contributed by atoms with Crippen molar-refractivity contribution in [2.45, 2.75) is 64.1 Å². The summed E-state index contributed by atoms with van der Waals surface area (Å²) in [5.41, 5.74) is 3.70. The fourth-order valence-electron chi connectivity index (χ4n) is 4.37. The first-order valence-electron chi connectivity index (χ1n) is 11.1. The van der Waals surface area contributed by atoms with Crippen LogP contribution in [0.4, 0.5) is 5.69 Å². The van der Waals surface area contributed by atoms with Crippen molar-refractivity contribution in [1.82, 2.24) is 15.3 Å². The van der Waals surface area contributed by atoms with Gasteiger partial charge in [0.1, 0.15) is 0 Å². The Kier molecular flexibility index (Phi) is 6.98. The zero-order valence-electron chi connectivity index (χ0n) is 18.7. The Morgan fingerprint density at radius 3 is 2.69 bits per heavy atom. The van der Waals surface area contributed by atoms with Gasteiger partial charge in [0.15, 0.2) is 0 Å². The van der Waals surface area contributed by atoms with E-state index in [2.05, 4.69) is 32.7 Å². The fourth-order valence-corrected chi connectivity index (χ4v) is 5.29. The monoisotopic (exact) mass is 450 g/mol. The SMILES string of the molecule is Cc1nc([C@@H](C)C(=O)Nc2ccc(C[C@@H]3CC[C@H]([C@H](O)c4cccnc4)N3)cc2)c(C)s1. The van der Waals surface area contributed by atoms with E-state index in [0.717, 1.165) is 46.1 Å². The number of nitrogens with one attached hydrogen (secondary N) is 2. The molecule has 0 aliphatic carbocycles. The van der Waals surface area contributed by atoms with Crippen molar-refractivity contribution >= 4 is 22.9 Å². The molecule has 1 saturated heterocycles. The van der Waals surface area contributed by atoms with Crippen molar-refractivity contribution in [3.63, 3.8) is 0 Å². The Labute approximate surface area is 193 Å². The number of thiazole rings is 1. The van der Waals surface area contributed by atoms with Gasteiger partial charge in [0, 0.05) is 40.6 Å². The predicted octanol–water partition coefficient (Wildman–Crippen LogP) is 4.29. The van der Waals surface area contributed by atoms with Gasteiger partial charge in [-0.15, -0.1) is 11.3 Å². The molecule has 3 heterocycles. The number of carbonyl (C=O) groups excluding carboxylic acids is 1. The van der Waals surface area contributed by atoms with Crippen LogP contribution in [-0.4, -0.2) is 33.1 Å². The Morgan fingerprint density at radius 2 is 2.03 bits per heavy atom. The van der Waals surface area contributed by atoms with Crippen LogP contribution in [0.2, 0.25) is 0 Å². The highest BCUT2D eigenvalue weighted by molar-refractivity contribution is 7.11. The quantitative estimate of drug-likeness (QED) is 0.500. The van der Waals surface area contributed by atoms with Gasteiger partial charge in [-0.05, 0) is 63.8 Å². The summed E-state index contributed by atoms with van der Waals surface area (Å²) in [7, 11) is 0. The zero-order valence-corrected chi connectivity index (χ0v) is 19.5. The molecule has 3 N–H and O–H groups in total. The molecule has 32 heavy (non-hydrogen) atoms. The lowest BCUT2D eigenvalue weighted by Gasteiger charge is -2.20. The maximum Gasteiger partial charge on any atom is 0.233 e. The number of hydrogen-bond donors (Lipinski definition) is 3. The summed E-state index contributed by atoms with van der Waals surface area (Å²) in [6.45, 7) is 5.87. The summed E-state index contributed by atoms with van der Waals surface area (Å²) >= 11 is 1.62. The molecule has 1 aliphatic heterocycles. The van der Waals surface area contributed by atoms with Gasteiger partial charge in [-0.1, -0.05) is 18.2 Å². The maximum atomic E-state index is 12.7. The number of pyridine rings is 1. The predicted molar refractivity (Wildman–Crippen MR) is 128 cm³/mol. The molecular weight excluding hydrogens is 420 g/mol. The Morgan fingerprint density at radius 1 is 1.25 bits per heavy atom. The van der Waals surface area contributed by atoms with E-state index < -0.39 is 6.10 Å². The van der Waals surface area contributed by atoms with Gasteiger partial charge in [0.25, 0.3) is 0 Å². The van der Waals surface area contributed by atoms with Gasteiger partial charge in [0.2, 0.25) is 5.91 Å². The average Bonchev–Trinajstić information content (AvgIpc) is 3.40. The molecule has 0 bridgehead atoms. The number of amides is 1. The average molecular weight is 451 g/mol. The third-order valence-corrected chi connectivity index (χ3v) is 7.03. The number of aliphatic hydroxyl groups excluding tert-OH is 1. The first-order chi connectivity index (χ1) is 15.4. The number of aryl methyl sites for hydroxylation is 2. The zero-order chi connectivity index (χ0) is 22.7. The molecular formula is C25H30N4O2S. The fraction of sp³-hybridized carbons (Fsp3) is 0.400. The van der Waals surface area contributed by atoms with Crippen molar-refractivity contribution in [3.05, 3.63) is 75.5 Å². The van der Waals surface area contributed by atoms with E-state index in [1.165, 1.54) is 5.56 Å². The highest BCUT2D eigenvalue weighted by atomic mass is 32.1. The van der Waals surface area contributed by atoms with Crippen LogP contribution in [0.1, 0.15) is 58.5 Å². The summed E-state index contributed by atoms with van der Waals surface area (Å²) in [6, 6.07) is 12.2. The van der Waals surface area contributed by atoms with E-state index in [1.54, 1.807) is 23.7 Å². The molecule has 0 spiro atoms. The second-order valence-electron chi connectivity index (χ2n) is 8.56. The van der Waals surface area contributed by atoms with Crippen LogP contribution in [0.15, 0.2) is 48.8 Å². The van der Waals surface area contributed by atoms with E-state index >= 15 is 0 Å². The molecule has 7 heteroatoms. The molecule has 1 amide bonds. The Hall–Kier alpha value is -2.61. The summed E-state index contributed by atoms with van der Waals surface area (Å²) < 4.78 is 0. The molecule has 3 aromatic rings. The standard InChI is InChI=1S/C25H30N4O2S/c1-15(23-16(2)32-17(3)27-23)25(31)29-20-8-6-18(7-9-20)13-21-10-11-22(28-21)24(30)19-5-4-12-26-14-19/h4-9,12,14-15,21-22,24,28,30H,10-11,13H2,1-3H3,(H,29,31)/t15-,21+,22-,24-/m1/s1. The van der Waals surface area contributed by atoms with Crippen molar-refractivity contribution in [3.8, 4) is 0 Å². The molecule has 0 radical (unpaired) electrons. The summed E-state index contributed by atoms with van der Waals surface area (Å²) in [5, 5.41) is 18.2. The van der Waals surface area contributed by atoms with E-state index in [0.29, 0.717) is 6.04 Å². The van der Waals surface area contributed by atoms with Crippen molar-refractivity contribution < 1.29 is 9.90 Å².